The Morgan fingerprint density at radius 2 is 0.714 bits per heavy atom. The quantitative estimate of drug-likeness (QED) is 0.366. The standard InChI is InChI=1S/4HI.2H2O.Zr/h4*1H;2*1H2;/q;;;;;;+4/p-4. The van der Waals surface area contributed by atoms with Crippen LogP contribution < -0.4 is 0 Å². The number of hydrogen-bond acceptors (Lipinski definition) is 0. The van der Waals surface area contributed by atoms with Gasteiger partial charge in [-0.15, -0.1) is 0 Å². The van der Waals surface area contributed by atoms with Crippen molar-refractivity contribution in [3.8, 4) is 0 Å². The van der Waals surface area contributed by atoms with Crippen LogP contribution in [-0.2, 0) is 3.51 Å². The molecule has 0 aromatic carbocycles. The molecule has 0 radical (unpaired) electrons. The number of halogens is 4. The minimum absolute atomic E-state index is 0. The maximum absolute atomic E-state index is 2.55. The van der Waals surface area contributed by atoms with Crippen LogP contribution in [0, 0.1) is 0 Å². The van der Waals surface area contributed by atoms with E-state index in [1.165, 1.54) is 0 Å². The van der Waals surface area contributed by atoms with Gasteiger partial charge in [-0.2, -0.15) is 0 Å². The fourth-order valence-corrected chi connectivity index (χ4v) is 0. The third kappa shape index (κ3) is 41.8. The van der Waals surface area contributed by atoms with Gasteiger partial charge in [-0.05, 0) is 0 Å². The first-order valence-electron chi connectivity index (χ1n) is 0.756. The molecule has 0 aliphatic carbocycles. The van der Waals surface area contributed by atoms with Crippen LogP contribution in [0.15, 0.2) is 0 Å². The molecule has 7 heavy (non-hydrogen) atoms. The fraction of sp³-hybridized carbons (Fsp3) is 0. The van der Waals surface area contributed by atoms with Crippen molar-refractivity contribution in [3.05, 3.63) is 0 Å². The molecule has 4 N–H and O–H groups in total. The van der Waals surface area contributed by atoms with Gasteiger partial charge in [0.05, 0.1) is 0 Å². The van der Waals surface area contributed by atoms with Gasteiger partial charge in [-0.25, -0.2) is 0 Å². The number of hydrogen-bond donors (Lipinski definition) is 0. The zero-order valence-electron chi connectivity index (χ0n) is 3.01. The molecule has 0 amide bonds. The van der Waals surface area contributed by atoms with E-state index in [0.29, 0.717) is 0 Å². The van der Waals surface area contributed by atoms with Crippen LogP contribution in [-0.4, -0.2) is 11.0 Å². The first-order chi connectivity index (χ1) is 2.00. The van der Waals surface area contributed by atoms with Gasteiger partial charge in [0.2, 0.25) is 0 Å². The molecule has 0 aliphatic heterocycles. The van der Waals surface area contributed by atoms with Gasteiger partial charge < -0.3 is 11.0 Å². The minimum atomic E-state index is -1.30. The summed E-state index contributed by atoms with van der Waals surface area (Å²) in [7, 11) is 0. The van der Waals surface area contributed by atoms with E-state index >= 15 is 0 Å². The summed E-state index contributed by atoms with van der Waals surface area (Å²) < 4.78 is -1.30. The topological polar surface area (TPSA) is 63.0 Å². The van der Waals surface area contributed by atoms with Crippen LogP contribution in [0.25, 0.3) is 0 Å². The van der Waals surface area contributed by atoms with Crippen LogP contribution in [0.2, 0.25) is 0 Å². The first kappa shape index (κ1) is 17.0. The van der Waals surface area contributed by atoms with Gasteiger partial charge in [-0.1, -0.05) is 0 Å². The van der Waals surface area contributed by atoms with E-state index in [0.717, 1.165) is 0 Å². The van der Waals surface area contributed by atoms with Gasteiger partial charge in [-0.3, -0.25) is 0 Å². The van der Waals surface area contributed by atoms with Crippen molar-refractivity contribution in [2.24, 2.45) is 0 Å². The Morgan fingerprint density at radius 1 is 0.714 bits per heavy atom. The van der Waals surface area contributed by atoms with Crippen molar-refractivity contribution in [1.82, 2.24) is 0 Å². The molecule has 0 unspecified atom stereocenters. The Bertz CT molecular complexity index is 25.2. The van der Waals surface area contributed by atoms with Crippen molar-refractivity contribution >= 4 is 72.2 Å². The molecule has 0 saturated carbocycles. The van der Waals surface area contributed by atoms with Crippen LogP contribution >= 0.6 is 72.2 Å². The number of rotatable bonds is 0. The molecular formula is H4I4O2Zr. The first-order valence-corrected chi connectivity index (χ1v) is 30.0. The Balaban J connectivity index is -0.0000000800. The third-order valence-corrected chi connectivity index (χ3v) is 0. The summed E-state index contributed by atoms with van der Waals surface area (Å²) in [5.41, 5.74) is 0. The van der Waals surface area contributed by atoms with Gasteiger partial charge in [0.1, 0.15) is 0 Å². The summed E-state index contributed by atoms with van der Waals surface area (Å²) in [6.45, 7) is 0. The van der Waals surface area contributed by atoms with Crippen molar-refractivity contribution in [3.63, 3.8) is 0 Å². The van der Waals surface area contributed by atoms with Gasteiger partial charge in [0.15, 0.2) is 0 Å². The van der Waals surface area contributed by atoms with Gasteiger partial charge >= 0.3 is 75.7 Å². The third-order valence-electron chi connectivity index (χ3n) is 0. The molecule has 7 heteroatoms. The van der Waals surface area contributed by atoms with Gasteiger partial charge in [0.25, 0.3) is 0 Å². The molecule has 0 aromatic heterocycles. The van der Waals surface area contributed by atoms with E-state index in [2.05, 4.69) is 72.2 Å². The molecule has 0 spiro atoms. The van der Waals surface area contributed by atoms with E-state index in [1.807, 2.05) is 0 Å². The maximum atomic E-state index is 2.55. The summed E-state index contributed by atoms with van der Waals surface area (Å²) in [4.78, 5) is 0. The van der Waals surface area contributed by atoms with E-state index in [-0.39, 0.29) is 11.0 Å². The molecule has 0 saturated heterocycles. The normalized spacial score (nSPS) is 8.57. The zero-order chi connectivity index (χ0) is 4.50. The Labute approximate surface area is 83.7 Å². The summed E-state index contributed by atoms with van der Waals surface area (Å²) >= 11 is 10.2. The second-order valence-electron chi connectivity index (χ2n) is 0.429. The van der Waals surface area contributed by atoms with E-state index in [9.17, 15) is 0 Å². The van der Waals surface area contributed by atoms with Crippen molar-refractivity contribution in [2.75, 3.05) is 0 Å². The summed E-state index contributed by atoms with van der Waals surface area (Å²) in [6, 6.07) is 0. The average Bonchev–Trinajstić information content (AvgIpc) is 0.722. The molecule has 48 valence electrons. The molecule has 0 rings (SSSR count). The van der Waals surface area contributed by atoms with Crippen molar-refractivity contribution in [2.45, 2.75) is 0 Å². The van der Waals surface area contributed by atoms with Crippen LogP contribution in [0.1, 0.15) is 0 Å². The molecule has 0 heterocycles. The summed E-state index contributed by atoms with van der Waals surface area (Å²) in [5, 5.41) is 0. The molecule has 0 fully saturated rings. The molecule has 0 atom stereocenters. The van der Waals surface area contributed by atoms with Crippen molar-refractivity contribution in [1.29, 1.82) is 0 Å². The van der Waals surface area contributed by atoms with Crippen LogP contribution in [0.4, 0.5) is 0 Å². The molecule has 0 bridgehead atoms. The monoisotopic (exact) mass is 634 g/mol. The van der Waals surface area contributed by atoms with E-state index in [1.54, 1.807) is 0 Å². The average molecular weight is 635 g/mol. The predicted octanol–water partition coefficient (Wildman–Crippen LogP) is 1.89. The Hall–Kier alpha value is 3.72. The van der Waals surface area contributed by atoms with E-state index < -0.39 is 3.51 Å². The summed E-state index contributed by atoms with van der Waals surface area (Å²) in [6.07, 6.45) is 0. The molecule has 0 aliphatic rings. The zero-order valence-corrected chi connectivity index (χ0v) is 14.1. The molecule has 0 aromatic rings. The second kappa shape index (κ2) is 7.83. The van der Waals surface area contributed by atoms with Crippen molar-refractivity contribution < 1.29 is 14.5 Å². The fourth-order valence-electron chi connectivity index (χ4n) is 0. The van der Waals surface area contributed by atoms with Crippen LogP contribution in [0.3, 0.4) is 0 Å². The van der Waals surface area contributed by atoms with E-state index in [4.69, 9.17) is 0 Å². The van der Waals surface area contributed by atoms with Crippen LogP contribution in [0.5, 0.6) is 0 Å². The second-order valence-corrected chi connectivity index (χ2v) is 114. The Kier molecular flexibility index (Phi) is 19.0. The SMILES string of the molecule is O.O.[I][Zr]([I])([I])[I]. The molecular weight excluding hydrogens is 631 g/mol. The summed E-state index contributed by atoms with van der Waals surface area (Å²) in [5.74, 6) is 0. The predicted molar refractivity (Wildman–Crippen MR) is 63.3 cm³/mol. The van der Waals surface area contributed by atoms with Gasteiger partial charge in [0, 0.05) is 0 Å². The Morgan fingerprint density at radius 3 is 0.714 bits per heavy atom. The molecule has 2 nitrogen and oxygen atoms in total.